The minimum Gasteiger partial charge on any atom is -0.410 e. The van der Waals surface area contributed by atoms with Crippen molar-refractivity contribution in [3.05, 3.63) is 34.3 Å². The first-order valence-corrected chi connectivity index (χ1v) is 5.26. The lowest BCUT2D eigenvalue weighted by molar-refractivity contribution is 0.172. The van der Waals surface area contributed by atoms with Crippen LogP contribution in [0.4, 0.5) is 4.79 Å². The molecule has 5 heteroatoms. The maximum atomic E-state index is 11.2. The Morgan fingerprint density at radius 2 is 1.81 bits per heavy atom. The molecule has 0 saturated heterocycles. The van der Waals surface area contributed by atoms with Crippen LogP contribution in [-0.2, 0) is 0 Å². The Hall–Kier alpha value is -1.19. The largest absolute Gasteiger partial charge is 0.414 e. The Balaban J connectivity index is 2.72. The molecule has 0 saturated carbocycles. The van der Waals surface area contributed by atoms with Gasteiger partial charge in [0.1, 0.15) is 10.2 Å². The highest BCUT2D eigenvalue weighted by molar-refractivity contribution is 6.57. The molecule has 16 heavy (non-hydrogen) atoms. The van der Waals surface area contributed by atoms with Gasteiger partial charge in [0.25, 0.3) is 0 Å². The van der Waals surface area contributed by atoms with Crippen LogP contribution in [0.5, 0.6) is 5.75 Å². The van der Waals surface area contributed by atoms with Crippen molar-refractivity contribution in [2.75, 3.05) is 14.1 Å². The number of hydrogen-bond donors (Lipinski definition) is 0. The van der Waals surface area contributed by atoms with Gasteiger partial charge in [-0.25, -0.2) is 4.79 Å². The van der Waals surface area contributed by atoms with Crippen LogP contribution in [0.2, 0.25) is 0 Å². The maximum absolute atomic E-state index is 11.2. The van der Waals surface area contributed by atoms with Gasteiger partial charge < -0.3 is 9.64 Å². The lowest BCUT2D eigenvalue weighted by Crippen LogP contribution is -2.25. The molecule has 1 aromatic carbocycles. The molecule has 0 aliphatic carbocycles. The van der Waals surface area contributed by atoms with E-state index in [-0.39, 0.29) is 4.49 Å². The number of nitrogens with zero attached hydrogens (tertiary/aromatic N) is 1. The molecular formula is C11H11Cl2NO2. The third-order valence-corrected chi connectivity index (χ3v) is 1.94. The monoisotopic (exact) mass is 259 g/mol. The molecule has 1 aromatic rings. The molecule has 0 atom stereocenters. The average molecular weight is 260 g/mol. The zero-order valence-corrected chi connectivity index (χ0v) is 10.4. The summed E-state index contributed by atoms with van der Waals surface area (Å²) in [5.74, 6) is 0.474. The minimum absolute atomic E-state index is 0.179. The zero-order valence-electron chi connectivity index (χ0n) is 8.91. The van der Waals surface area contributed by atoms with Crippen LogP contribution in [-0.4, -0.2) is 25.1 Å². The second-order valence-electron chi connectivity index (χ2n) is 3.27. The first kappa shape index (κ1) is 12.9. The molecule has 0 aliphatic rings. The molecule has 0 fully saturated rings. The summed E-state index contributed by atoms with van der Waals surface area (Å²) in [5, 5.41) is 0. The maximum Gasteiger partial charge on any atom is 0.414 e. The molecular weight excluding hydrogens is 249 g/mol. The standard InChI is InChI=1S/C11H11Cl2NO2/c1-14(2)11(15)16-9-5-3-8(4-6-9)7-10(12)13/h3-7H,1-2H3. The Labute approximate surface area is 104 Å². The van der Waals surface area contributed by atoms with E-state index < -0.39 is 6.09 Å². The average Bonchev–Trinajstić information content (AvgIpc) is 2.20. The Bertz CT molecular complexity index is 395. The van der Waals surface area contributed by atoms with Crippen LogP contribution in [0.25, 0.3) is 6.08 Å². The molecule has 0 radical (unpaired) electrons. The fraction of sp³-hybridized carbons (Fsp3) is 0.182. The molecule has 0 aromatic heterocycles. The third kappa shape index (κ3) is 4.13. The molecule has 0 bridgehead atoms. The number of carbonyl (C=O) groups is 1. The number of carbonyl (C=O) groups excluding carboxylic acids is 1. The normalized spacial score (nSPS) is 9.50. The quantitative estimate of drug-likeness (QED) is 0.814. The topological polar surface area (TPSA) is 29.5 Å². The predicted octanol–water partition coefficient (Wildman–Crippen LogP) is 3.52. The van der Waals surface area contributed by atoms with E-state index in [1.807, 2.05) is 0 Å². The minimum atomic E-state index is -0.418. The predicted molar refractivity (Wildman–Crippen MR) is 65.8 cm³/mol. The molecule has 0 aliphatic heterocycles. The van der Waals surface area contributed by atoms with E-state index >= 15 is 0 Å². The highest BCUT2D eigenvalue weighted by Gasteiger charge is 2.05. The van der Waals surface area contributed by atoms with Gasteiger partial charge in [0.2, 0.25) is 0 Å². The summed E-state index contributed by atoms with van der Waals surface area (Å²) in [6.45, 7) is 0. The van der Waals surface area contributed by atoms with Gasteiger partial charge in [-0.2, -0.15) is 0 Å². The van der Waals surface area contributed by atoms with Crippen LogP contribution in [0.15, 0.2) is 28.8 Å². The van der Waals surface area contributed by atoms with E-state index in [1.165, 1.54) is 4.90 Å². The molecule has 0 N–H and O–H groups in total. The summed E-state index contributed by atoms with van der Waals surface area (Å²) in [6, 6.07) is 6.85. The van der Waals surface area contributed by atoms with Crippen LogP contribution in [0, 0.1) is 0 Å². The van der Waals surface area contributed by atoms with Gasteiger partial charge in [0, 0.05) is 14.1 Å². The summed E-state index contributed by atoms with van der Waals surface area (Å²) < 4.78 is 5.21. The van der Waals surface area contributed by atoms with Gasteiger partial charge in [-0.1, -0.05) is 35.3 Å². The number of ether oxygens (including phenoxy) is 1. The summed E-state index contributed by atoms with van der Waals surface area (Å²) in [7, 11) is 3.24. The highest BCUT2D eigenvalue weighted by Crippen LogP contribution is 2.17. The second kappa shape index (κ2) is 5.77. The molecule has 3 nitrogen and oxygen atoms in total. The number of benzene rings is 1. The van der Waals surface area contributed by atoms with Crippen molar-refractivity contribution >= 4 is 35.4 Å². The van der Waals surface area contributed by atoms with Crippen molar-refractivity contribution in [1.82, 2.24) is 4.90 Å². The number of amides is 1. The van der Waals surface area contributed by atoms with Crippen LogP contribution >= 0.6 is 23.2 Å². The van der Waals surface area contributed by atoms with E-state index in [4.69, 9.17) is 27.9 Å². The summed E-state index contributed by atoms with van der Waals surface area (Å²) >= 11 is 11.0. The molecule has 0 spiro atoms. The van der Waals surface area contributed by atoms with Gasteiger partial charge in [0.15, 0.2) is 0 Å². The number of rotatable bonds is 2. The van der Waals surface area contributed by atoms with Crippen molar-refractivity contribution in [2.45, 2.75) is 0 Å². The molecule has 1 rings (SSSR count). The fourth-order valence-corrected chi connectivity index (χ4v) is 1.20. The first-order chi connectivity index (χ1) is 7.49. The Morgan fingerprint density at radius 1 is 1.25 bits per heavy atom. The first-order valence-electron chi connectivity index (χ1n) is 4.51. The van der Waals surface area contributed by atoms with Gasteiger partial charge in [-0.3, -0.25) is 0 Å². The summed E-state index contributed by atoms with van der Waals surface area (Å²) in [4.78, 5) is 12.6. The van der Waals surface area contributed by atoms with Gasteiger partial charge >= 0.3 is 6.09 Å². The summed E-state index contributed by atoms with van der Waals surface area (Å²) in [5.41, 5.74) is 0.838. The van der Waals surface area contributed by atoms with E-state index in [0.29, 0.717) is 5.75 Å². The Kier molecular flexibility index (Phi) is 4.65. The number of hydrogen-bond acceptors (Lipinski definition) is 2. The zero-order chi connectivity index (χ0) is 12.1. The smallest absolute Gasteiger partial charge is 0.410 e. The fourth-order valence-electron chi connectivity index (χ4n) is 0.950. The third-order valence-electron chi connectivity index (χ3n) is 1.73. The van der Waals surface area contributed by atoms with Gasteiger partial charge in [-0.05, 0) is 23.8 Å². The number of halogens is 2. The highest BCUT2D eigenvalue weighted by atomic mass is 35.5. The summed E-state index contributed by atoms with van der Waals surface area (Å²) in [6.07, 6.45) is 1.18. The van der Waals surface area contributed by atoms with Crippen molar-refractivity contribution in [3.8, 4) is 5.75 Å². The van der Waals surface area contributed by atoms with Gasteiger partial charge in [0.05, 0.1) is 0 Å². The van der Waals surface area contributed by atoms with Crippen molar-refractivity contribution in [1.29, 1.82) is 0 Å². The SMILES string of the molecule is CN(C)C(=O)Oc1ccc(C=C(Cl)Cl)cc1. The second-order valence-corrected chi connectivity index (χ2v) is 4.27. The van der Waals surface area contributed by atoms with Crippen LogP contribution in [0.1, 0.15) is 5.56 Å². The molecule has 1 amide bonds. The van der Waals surface area contributed by atoms with E-state index in [2.05, 4.69) is 0 Å². The molecule has 0 unspecified atom stereocenters. The van der Waals surface area contributed by atoms with E-state index in [9.17, 15) is 4.79 Å². The van der Waals surface area contributed by atoms with Crippen LogP contribution in [0.3, 0.4) is 0 Å². The lowest BCUT2D eigenvalue weighted by atomic mass is 10.2. The van der Waals surface area contributed by atoms with Gasteiger partial charge in [-0.15, -0.1) is 0 Å². The lowest BCUT2D eigenvalue weighted by Gasteiger charge is -2.10. The van der Waals surface area contributed by atoms with Crippen LogP contribution < -0.4 is 4.74 Å². The van der Waals surface area contributed by atoms with Crippen molar-refractivity contribution in [2.24, 2.45) is 0 Å². The molecule has 0 heterocycles. The van der Waals surface area contributed by atoms with E-state index in [1.54, 1.807) is 44.4 Å². The van der Waals surface area contributed by atoms with Crippen molar-refractivity contribution in [3.63, 3.8) is 0 Å². The van der Waals surface area contributed by atoms with Crippen molar-refractivity contribution < 1.29 is 9.53 Å². The Morgan fingerprint density at radius 3 is 2.25 bits per heavy atom. The van der Waals surface area contributed by atoms with E-state index in [0.717, 1.165) is 5.56 Å². The molecule has 86 valence electrons.